The van der Waals surface area contributed by atoms with Crippen molar-refractivity contribution in [3.8, 4) is 0 Å². The number of sulfonamides is 1. The molecular weight excluding hydrogens is 324 g/mol. The lowest BCUT2D eigenvalue weighted by atomic mass is 9.98. The number of hydrogen-bond acceptors (Lipinski definition) is 3. The first-order chi connectivity index (χ1) is 11.4. The van der Waals surface area contributed by atoms with E-state index in [1.54, 1.807) is 11.9 Å². The fourth-order valence-electron chi connectivity index (χ4n) is 3.23. The van der Waals surface area contributed by atoms with Crippen LogP contribution in [0.3, 0.4) is 0 Å². The van der Waals surface area contributed by atoms with Crippen LogP contribution in [0.5, 0.6) is 0 Å². The van der Waals surface area contributed by atoms with Crippen molar-refractivity contribution in [3.63, 3.8) is 0 Å². The molecule has 2 aromatic carbocycles. The summed E-state index contributed by atoms with van der Waals surface area (Å²) >= 11 is 0. The van der Waals surface area contributed by atoms with Crippen molar-refractivity contribution in [2.75, 3.05) is 31.3 Å². The number of fused-ring (bicyclic) bond motifs is 1. The van der Waals surface area contributed by atoms with Crippen molar-refractivity contribution in [2.45, 2.75) is 12.8 Å². The van der Waals surface area contributed by atoms with Gasteiger partial charge in [0.05, 0.1) is 12.2 Å². The van der Waals surface area contributed by atoms with Crippen LogP contribution >= 0.6 is 0 Å². The van der Waals surface area contributed by atoms with E-state index >= 15 is 0 Å². The molecule has 1 aliphatic rings. The van der Waals surface area contributed by atoms with Gasteiger partial charge in [-0.1, -0.05) is 30.3 Å². The molecule has 0 bridgehead atoms. The molecule has 2 aromatic rings. The number of carbonyl (C=O) groups is 1. The van der Waals surface area contributed by atoms with Gasteiger partial charge in [-0.15, -0.1) is 0 Å². The second kappa shape index (κ2) is 6.53. The Kier molecular flexibility index (Phi) is 4.60. The highest BCUT2D eigenvalue weighted by atomic mass is 32.2. The van der Waals surface area contributed by atoms with E-state index in [0.717, 1.165) is 29.3 Å². The number of rotatable bonds is 3. The Labute approximate surface area is 142 Å². The zero-order chi connectivity index (χ0) is 17.3. The Hall–Kier alpha value is -1.92. The van der Waals surface area contributed by atoms with Crippen molar-refractivity contribution >= 4 is 32.4 Å². The van der Waals surface area contributed by atoms with E-state index in [1.807, 2.05) is 42.5 Å². The van der Waals surface area contributed by atoms with Crippen molar-refractivity contribution in [1.82, 2.24) is 4.31 Å². The van der Waals surface area contributed by atoms with Crippen LogP contribution in [-0.2, 0) is 14.8 Å². The Morgan fingerprint density at radius 3 is 2.58 bits per heavy atom. The molecule has 3 rings (SSSR count). The first-order valence-electron chi connectivity index (χ1n) is 8.08. The normalized spacial score (nSPS) is 19.3. The van der Waals surface area contributed by atoms with E-state index in [-0.39, 0.29) is 18.4 Å². The highest BCUT2D eigenvalue weighted by Gasteiger charge is 2.32. The van der Waals surface area contributed by atoms with Crippen LogP contribution in [0.25, 0.3) is 10.8 Å². The smallest absolute Gasteiger partial charge is 0.231 e. The van der Waals surface area contributed by atoms with Gasteiger partial charge in [-0.3, -0.25) is 4.79 Å². The van der Waals surface area contributed by atoms with Crippen LogP contribution in [0.4, 0.5) is 5.69 Å². The molecule has 24 heavy (non-hydrogen) atoms. The number of hydrogen-bond donors (Lipinski definition) is 0. The summed E-state index contributed by atoms with van der Waals surface area (Å²) in [7, 11) is -1.49. The summed E-state index contributed by atoms with van der Waals surface area (Å²) in [5.74, 6) is -0.316. The summed E-state index contributed by atoms with van der Waals surface area (Å²) in [5.41, 5.74) is 0.829. The average Bonchev–Trinajstić information content (AvgIpc) is 2.59. The highest BCUT2D eigenvalue weighted by Crippen LogP contribution is 2.25. The Bertz CT molecular complexity index is 863. The molecular formula is C18H22N2O3S. The number of piperidine rings is 1. The van der Waals surface area contributed by atoms with Gasteiger partial charge in [0.2, 0.25) is 15.9 Å². The van der Waals surface area contributed by atoms with E-state index in [9.17, 15) is 13.2 Å². The second-order valence-corrected chi connectivity index (χ2v) is 8.37. The molecule has 0 N–H and O–H groups in total. The first-order valence-corrected chi connectivity index (χ1v) is 9.92. The average molecular weight is 346 g/mol. The van der Waals surface area contributed by atoms with Crippen LogP contribution in [0.2, 0.25) is 0 Å². The van der Waals surface area contributed by atoms with Crippen molar-refractivity contribution in [1.29, 1.82) is 0 Å². The maximum absolute atomic E-state index is 12.8. The molecule has 0 spiro atoms. The summed E-state index contributed by atoms with van der Waals surface area (Å²) < 4.78 is 24.9. The van der Waals surface area contributed by atoms with Crippen LogP contribution in [-0.4, -0.2) is 45.0 Å². The topological polar surface area (TPSA) is 57.7 Å². The van der Waals surface area contributed by atoms with Gasteiger partial charge in [-0.2, -0.15) is 0 Å². The minimum atomic E-state index is -3.25. The van der Waals surface area contributed by atoms with Gasteiger partial charge in [-0.05, 0) is 35.7 Å². The SMILES string of the molecule is CN(C(=O)C1CCCN(S(C)(=O)=O)C1)c1ccc2ccccc2c1. The lowest BCUT2D eigenvalue weighted by Crippen LogP contribution is -2.45. The summed E-state index contributed by atoms with van der Waals surface area (Å²) in [6.45, 7) is 0.776. The quantitative estimate of drug-likeness (QED) is 0.858. The van der Waals surface area contributed by atoms with Crippen LogP contribution in [0.15, 0.2) is 42.5 Å². The van der Waals surface area contributed by atoms with E-state index < -0.39 is 10.0 Å². The van der Waals surface area contributed by atoms with E-state index in [2.05, 4.69) is 0 Å². The molecule has 128 valence electrons. The Balaban J connectivity index is 1.80. The van der Waals surface area contributed by atoms with Crippen molar-refractivity contribution in [2.24, 2.45) is 5.92 Å². The molecule has 1 amide bonds. The molecule has 1 saturated heterocycles. The molecule has 0 saturated carbocycles. The number of benzene rings is 2. The Morgan fingerprint density at radius 1 is 1.17 bits per heavy atom. The molecule has 1 atom stereocenters. The molecule has 1 aliphatic heterocycles. The molecule has 0 radical (unpaired) electrons. The molecule has 0 aliphatic carbocycles. The molecule has 1 unspecified atom stereocenters. The monoisotopic (exact) mass is 346 g/mol. The lowest BCUT2D eigenvalue weighted by molar-refractivity contribution is -0.123. The van der Waals surface area contributed by atoms with Gasteiger partial charge in [0.25, 0.3) is 0 Å². The van der Waals surface area contributed by atoms with Crippen molar-refractivity contribution < 1.29 is 13.2 Å². The van der Waals surface area contributed by atoms with Gasteiger partial charge in [0.1, 0.15) is 0 Å². The van der Waals surface area contributed by atoms with Gasteiger partial charge >= 0.3 is 0 Å². The predicted octanol–water partition coefficient (Wildman–Crippen LogP) is 2.47. The van der Waals surface area contributed by atoms with E-state index in [0.29, 0.717) is 6.54 Å². The molecule has 5 nitrogen and oxygen atoms in total. The summed E-state index contributed by atoms with van der Waals surface area (Å²) in [5, 5.41) is 2.21. The van der Waals surface area contributed by atoms with Crippen LogP contribution in [0.1, 0.15) is 12.8 Å². The summed E-state index contributed by atoms with van der Waals surface area (Å²) in [6, 6.07) is 13.9. The maximum Gasteiger partial charge on any atom is 0.231 e. The lowest BCUT2D eigenvalue weighted by Gasteiger charge is -2.32. The number of amides is 1. The fraction of sp³-hybridized carbons (Fsp3) is 0.389. The zero-order valence-electron chi connectivity index (χ0n) is 14.0. The van der Waals surface area contributed by atoms with Gasteiger partial charge in [0, 0.05) is 25.8 Å². The third-order valence-corrected chi connectivity index (χ3v) is 5.92. The minimum absolute atomic E-state index is 0.0290. The van der Waals surface area contributed by atoms with Gasteiger partial charge in [-0.25, -0.2) is 12.7 Å². The van der Waals surface area contributed by atoms with Gasteiger partial charge < -0.3 is 4.90 Å². The number of carbonyl (C=O) groups excluding carboxylic acids is 1. The molecule has 6 heteroatoms. The first kappa shape index (κ1) is 16.9. The third-order valence-electron chi connectivity index (χ3n) is 4.65. The Morgan fingerprint density at radius 2 is 1.88 bits per heavy atom. The standard InChI is InChI=1S/C18H22N2O3S/c1-19(17-10-9-14-6-3-4-7-15(14)12-17)18(21)16-8-5-11-20(13-16)24(2,22)23/h3-4,6-7,9-10,12,16H,5,8,11,13H2,1-2H3. The molecule has 0 aromatic heterocycles. The van der Waals surface area contributed by atoms with E-state index in [4.69, 9.17) is 0 Å². The van der Waals surface area contributed by atoms with E-state index in [1.165, 1.54) is 10.6 Å². The van der Waals surface area contributed by atoms with Crippen LogP contribution < -0.4 is 4.90 Å². The van der Waals surface area contributed by atoms with Crippen LogP contribution in [0, 0.1) is 5.92 Å². The summed E-state index contributed by atoms with van der Waals surface area (Å²) in [6.07, 6.45) is 2.64. The zero-order valence-corrected chi connectivity index (χ0v) is 14.8. The summed E-state index contributed by atoms with van der Waals surface area (Å²) in [4.78, 5) is 14.5. The molecule has 1 fully saturated rings. The largest absolute Gasteiger partial charge is 0.315 e. The number of anilines is 1. The van der Waals surface area contributed by atoms with Gasteiger partial charge in [0.15, 0.2) is 0 Å². The maximum atomic E-state index is 12.8. The molecule has 1 heterocycles. The highest BCUT2D eigenvalue weighted by molar-refractivity contribution is 7.88. The second-order valence-electron chi connectivity index (χ2n) is 6.39. The minimum Gasteiger partial charge on any atom is -0.315 e. The third kappa shape index (κ3) is 3.44. The predicted molar refractivity (Wildman–Crippen MR) is 96.5 cm³/mol. The fourth-order valence-corrected chi connectivity index (χ4v) is 4.14. The van der Waals surface area contributed by atoms with Crippen molar-refractivity contribution in [3.05, 3.63) is 42.5 Å². The number of nitrogens with zero attached hydrogens (tertiary/aromatic N) is 2.